The van der Waals surface area contributed by atoms with Crippen LogP contribution in [0.25, 0.3) is 0 Å². The number of Topliss-reactive ketones (excluding diaryl/α,β-unsaturated/α-hetero) is 1. The Balaban J connectivity index is 3.81. The van der Waals surface area contributed by atoms with Gasteiger partial charge in [0.15, 0.2) is 5.78 Å². The summed E-state index contributed by atoms with van der Waals surface area (Å²) in [4.78, 5) is 22.0. The van der Waals surface area contributed by atoms with Crippen molar-refractivity contribution in [2.24, 2.45) is 0 Å². The van der Waals surface area contributed by atoms with E-state index >= 15 is 0 Å². The van der Waals surface area contributed by atoms with Crippen molar-refractivity contribution in [3.8, 4) is 0 Å². The molecule has 1 amide bonds. The Kier molecular flexibility index (Phi) is 4.77. The van der Waals surface area contributed by atoms with Crippen LogP contribution >= 0.6 is 0 Å². The lowest BCUT2D eigenvalue weighted by Gasteiger charge is -2.20. The number of rotatable bonds is 4. The molecule has 0 saturated heterocycles. The SMILES string of the molecule is CC(=O)C(C)OCC(=O)NC(C)(C)C. The lowest BCUT2D eigenvalue weighted by atomic mass is 10.1. The van der Waals surface area contributed by atoms with E-state index in [2.05, 4.69) is 5.32 Å². The lowest BCUT2D eigenvalue weighted by molar-refractivity contribution is -0.134. The average Bonchev–Trinajstić information content (AvgIpc) is 1.96. The number of carbonyl (C=O) groups excluding carboxylic acids is 2. The van der Waals surface area contributed by atoms with Gasteiger partial charge < -0.3 is 10.1 Å². The van der Waals surface area contributed by atoms with E-state index in [1.54, 1.807) is 6.92 Å². The van der Waals surface area contributed by atoms with Crippen LogP contribution in [0.2, 0.25) is 0 Å². The van der Waals surface area contributed by atoms with Gasteiger partial charge in [-0.05, 0) is 34.6 Å². The second-order valence-electron chi connectivity index (χ2n) is 4.36. The summed E-state index contributed by atoms with van der Waals surface area (Å²) in [6, 6.07) is 0. The van der Waals surface area contributed by atoms with E-state index in [1.807, 2.05) is 20.8 Å². The van der Waals surface area contributed by atoms with Crippen LogP contribution < -0.4 is 5.32 Å². The predicted octanol–water partition coefficient (Wildman–Crippen LogP) is 0.895. The average molecular weight is 201 g/mol. The summed E-state index contributed by atoms with van der Waals surface area (Å²) in [6.07, 6.45) is -0.513. The van der Waals surface area contributed by atoms with E-state index in [4.69, 9.17) is 4.74 Å². The Morgan fingerprint density at radius 3 is 2.21 bits per heavy atom. The summed E-state index contributed by atoms with van der Waals surface area (Å²) in [5.74, 6) is -0.279. The topological polar surface area (TPSA) is 55.4 Å². The highest BCUT2D eigenvalue weighted by Crippen LogP contribution is 1.98. The van der Waals surface area contributed by atoms with E-state index < -0.39 is 6.10 Å². The van der Waals surface area contributed by atoms with Crippen LogP contribution in [-0.2, 0) is 14.3 Å². The van der Waals surface area contributed by atoms with Crippen molar-refractivity contribution in [1.29, 1.82) is 0 Å². The number of hydrogen-bond acceptors (Lipinski definition) is 3. The third-order valence-electron chi connectivity index (χ3n) is 1.55. The molecule has 4 nitrogen and oxygen atoms in total. The Morgan fingerprint density at radius 2 is 1.86 bits per heavy atom. The lowest BCUT2D eigenvalue weighted by Crippen LogP contribution is -2.43. The molecule has 0 rings (SSSR count). The molecule has 0 aromatic heterocycles. The Morgan fingerprint density at radius 1 is 1.36 bits per heavy atom. The van der Waals surface area contributed by atoms with Gasteiger partial charge in [0.2, 0.25) is 5.91 Å². The molecule has 1 atom stereocenters. The number of ketones is 1. The fourth-order valence-electron chi connectivity index (χ4n) is 0.772. The summed E-state index contributed by atoms with van der Waals surface area (Å²) >= 11 is 0. The maximum Gasteiger partial charge on any atom is 0.246 e. The zero-order valence-corrected chi connectivity index (χ0v) is 9.51. The third kappa shape index (κ3) is 6.60. The molecule has 14 heavy (non-hydrogen) atoms. The summed E-state index contributed by atoms with van der Waals surface area (Å²) < 4.78 is 5.05. The number of carbonyl (C=O) groups is 2. The molecule has 4 heteroatoms. The number of amides is 1. The predicted molar refractivity (Wildman–Crippen MR) is 54.0 cm³/mol. The van der Waals surface area contributed by atoms with Gasteiger partial charge in [0.25, 0.3) is 0 Å². The largest absolute Gasteiger partial charge is 0.361 e. The van der Waals surface area contributed by atoms with Gasteiger partial charge >= 0.3 is 0 Å². The molecule has 82 valence electrons. The van der Waals surface area contributed by atoms with Gasteiger partial charge in [-0.3, -0.25) is 9.59 Å². The minimum absolute atomic E-state index is 0.0714. The second kappa shape index (κ2) is 5.10. The van der Waals surface area contributed by atoms with Crippen molar-refractivity contribution in [2.45, 2.75) is 46.3 Å². The molecular weight excluding hydrogens is 182 g/mol. The summed E-state index contributed by atoms with van der Waals surface area (Å²) in [5.41, 5.74) is -0.264. The molecule has 0 bridgehead atoms. The summed E-state index contributed by atoms with van der Waals surface area (Å²) in [6.45, 7) is 8.66. The molecule has 0 saturated carbocycles. The molecule has 1 unspecified atom stereocenters. The monoisotopic (exact) mass is 201 g/mol. The van der Waals surface area contributed by atoms with Crippen LogP contribution in [0.15, 0.2) is 0 Å². The van der Waals surface area contributed by atoms with Gasteiger partial charge in [0.1, 0.15) is 12.7 Å². The number of nitrogens with one attached hydrogen (secondary N) is 1. The van der Waals surface area contributed by atoms with Gasteiger partial charge in [-0.1, -0.05) is 0 Å². The third-order valence-corrected chi connectivity index (χ3v) is 1.55. The van der Waals surface area contributed by atoms with E-state index in [0.717, 1.165) is 0 Å². The minimum atomic E-state index is -0.513. The highest BCUT2D eigenvalue weighted by Gasteiger charge is 2.15. The first-order valence-electron chi connectivity index (χ1n) is 4.65. The summed E-state index contributed by atoms with van der Waals surface area (Å²) in [7, 11) is 0. The fourth-order valence-corrected chi connectivity index (χ4v) is 0.772. The van der Waals surface area contributed by atoms with Gasteiger partial charge in [-0.15, -0.1) is 0 Å². The Hall–Kier alpha value is -0.900. The number of ether oxygens (including phenoxy) is 1. The van der Waals surface area contributed by atoms with E-state index in [9.17, 15) is 9.59 Å². The molecular formula is C10H19NO3. The molecule has 0 aliphatic carbocycles. The molecule has 0 aliphatic rings. The van der Waals surface area contributed by atoms with Crippen LogP contribution in [0.1, 0.15) is 34.6 Å². The van der Waals surface area contributed by atoms with Crippen LogP contribution in [0.3, 0.4) is 0 Å². The summed E-state index contributed by atoms with van der Waals surface area (Å²) in [5, 5.41) is 2.74. The molecule has 0 radical (unpaired) electrons. The van der Waals surface area contributed by atoms with Crippen molar-refractivity contribution in [2.75, 3.05) is 6.61 Å². The first-order valence-corrected chi connectivity index (χ1v) is 4.65. The first kappa shape index (κ1) is 13.1. The van der Waals surface area contributed by atoms with E-state index in [-0.39, 0.29) is 23.8 Å². The van der Waals surface area contributed by atoms with Crippen molar-refractivity contribution >= 4 is 11.7 Å². The number of hydrogen-bond donors (Lipinski definition) is 1. The van der Waals surface area contributed by atoms with Gasteiger partial charge in [-0.25, -0.2) is 0 Å². The normalized spacial score (nSPS) is 13.5. The highest BCUT2D eigenvalue weighted by molar-refractivity contribution is 5.81. The zero-order chi connectivity index (χ0) is 11.4. The molecule has 0 spiro atoms. The first-order chi connectivity index (χ1) is 6.22. The molecule has 1 N–H and O–H groups in total. The van der Waals surface area contributed by atoms with Crippen LogP contribution in [0, 0.1) is 0 Å². The van der Waals surface area contributed by atoms with Crippen molar-refractivity contribution in [1.82, 2.24) is 5.32 Å². The van der Waals surface area contributed by atoms with Crippen LogP contribution in [0.5, 0.6) is 0 Å². The van der Waals surface area contributed by atoms with Gasteiger partial charge in [0.05, 0.1) is 0 Å². The minimum Gasteiger partial charge on any atom is -0.361 e. The Bertz CT molecular complexity index is 218. The van der Waals surface area contributed by atoms with Crippen molar-refractivity contribution < 1.29 is 14.3 Å². The van der Waals surface area contributed by atoms with Crippen LogP contribution in [0.4, 0.5) is 0 Å². The molecule has 0 fully saturated rings. The second-order valence-corrected chi connectivity index (χ2v) is 4.36. The maximum absolute atomic E-state index is 11.2. The standard InChI is InChI=1S/C10H19NO3/c1-7(12)8(2)14-6-9(13)11-10(3,4)5/h8H,6H2,1-5H3,(H,11,13). The molecule has 0 heterocycles. The van der Waals surface area contributed by atoms with E-state index in [0.29, 0.717) is 0 Å². The van der Waals surface area contributed by atoms with Gasteiger partial charge in [-0.2, -0.15) is 0 Å². The Labute approximate surface area is 85.0 Å². The molecule has 0 aliphatic heterocycles. The quantitative estimate of drug-likeness (QED) is 0.735. The molecule has 0 aromatic carbocycles. The van der Waals surface area contributed by atoms with E-state index in [1.165, 1.54) is 6.92 Å². The van der Waals surface area contributed by atoms with Gasteiger partial charge in [0, 0.05) is 5.54 Å². The van der Waals surface area contributed by atoms with Crippen molar-refractivity contribution in [3.05, 3.63) is 0 Å². The zero-order valence-electron chi connectivity index (χ0n) is 9.51. The maximum atomic E-state index is 11.2. The van der Waals surface area contributed by atoms with Crippen molar-refractivity contribution in [3.63, 3.8) is 0 Å². The smallest absolute Gasteiger partial charge is 0.246 e. The highest BCUT2D eigenvalue weighted by atomic mass is 16.5. The molecule has 0 aromatic rings. The fraction of sp³-hybridized carbons (Fsp3) is 0.800. The van der Waals surface area contributed by atoms with Crippen LogP contribution in [-0.4, -0.2) is 29.9 Å².